The molecule has 1 aliphatic heterocycles. The SMILES string of the molecule is CN1CCCC(NC2Cc3ccccc3C2)CC1. The summed E-state index contributed by atoms with van der Waals surface area (Å²) in [4.78, 5) is 2.46. The molecular weight excluding hydrogens is 220 g/mol. The Morgan fingerprint density at radius 1 is 1.00 bits per heavy atom. The third kappa shape index (κ3) is 2.76. The van der Waals surface area contributed by atoms with E-state index in [9.17, 15) is 0 Å². The van der Waals surface area contributed by atoms with Crippen molar-refractivity contribution in [2.24, 2.45) is 0 Å². The Morgan fingerprint density at radius 3 is 2.44 bits per heavy atom. The Kier molecular flexibility index (Phi) is 3.67. The first-order valence-corrected chi connectivity index (χ1v) is 7.32. The number of benzene rings is 1. The van der Waals surface area contributed by atoms with E-state index in [0.29, 0.717) is 6.04 Å². The van der Waals surface area contributed by atoms with E-state index in [1.54, 1.807) is 11.1 Å². The third-order valence-electron chi connectivity index (χ3n) is 4.47. The van der Waals surface area contributed by atoms with Crippen molar-refractivity contribution < 1.29 is 0 Å². The van der Waals surface area contributed by atoms with Crippen LogP contribution in [0.4, 0.5) is 0 Å². The molecule has 1 aromatic carbocycles. The zero-order valence-electron chi connectivity index (χ0n) is 11.4. The predicted octanol–water partition coefficient (Wildman–Crippen LogP) is 2.23. The molecule has 2 aliphatic rings. The lowest BCUT2D eigenvalue weighted by molar-refractivity contribution is 0.339. The fourth-order valence-corrected chi connectivity index (χ4v) is 3.42. The van der Waals surface area contributed by atoms with Crippen LogP contribution in [0.5, 0.6) is 0 Å². The Labute approximate surface area is 110 Å². The summed E-state index contributed by atoms with van der Waals surface area (Å²) in [5, 5.41) is 3.90. The molecule has 2 heteroatoms. The van der Waals surface area contributed by atoms with Crippen LogP contribution >= 0.6 is 0 Å². The highest BCUT2D eigenvalue weighted by Gasteiger charge is 2.24. The van der Waals surface area contributed by atoms with Gasteiger partial charge in [0.05, 0.1) is 0 Å². The van der Waals surface area contributed by atoms with Gasteiger partial charge in [-0.2, -0.15) is 0 Å². The molecule has 98 valence electrons. The van der Waals surface area contributed by atoms with Crippen molar-refractivity contribution in [2.45, 2.75) is 44.2 Å². The molecule has 1 heterocycles. The molecule has 1 fully saturated rings. The van der Waals surface area contributed by atoms with E-state index in [0.717, 1.165) is 6.04 Å². The number of fused-ring (bicyclic) bond motifs is 1. The quantitative estimate of drug-likeness (QED) is 0.858. The van der Waals surface area contributed by atoms with Crippen LogP contribution < -0.4 is 5.32 Å². The van der Waals surface area contributed by atoms with Gasteiger partial charge in [0.1, 0.15) is 0 Å². The average Bonchev–Trinajstić information content (AvgIpc) is 2.66. The van der Waals surface area contributed by atoms with Crippen molar-refractivity contribution in [2.75, 3.05) is 20.1 Å². The van der Waals surface area contributed by atoms with Crippen molar-refractivity contribution in [3.05, 3.63) is 35.4 Å². The summed E-state index contributed by atoms with van der Waals surface area (Å²) >= 11 is 0. The first-order chi connectivity index (χ1) is 8.81. The van der Waals surface area contributed by atoms with Crippen molar-refractivity contribution in [1.29, 1.82) is 0 Å². The Morgan fingerprint density at radius 2 is 1.72 bits per heavy atom. The first-order valence-electron chi connectivity index (χ1n) is 7.32. The van der Waals surface area contributed by atoms with Gasteiger partial charge in [0, 0.05) is 12.1 Å². The van der Waals surface area contributed by atoms with Crippen molar-refractivity contribution in [3.8, 4) is 0 Å². The minimum Gasteiger partial charge on any atom is -0.311 e. The van der Waals surface area contributed by atoms with E-state index in [-0.39, 0.29) is 0 Å². The lowest BCUT2D eigenvalue weighted by Gasteiger charge is -2.21. The van der Waals surface area contributed by atoms with E-state index in [1.807, 2.05) is 0 Å². The standard InChI is InChI=1S/C16H24N2/c1-18-9-4-7-15(8-10-18)17-16-11-13-5-2-3-6-14(13)12-16/h2-3,5-6,15-17H,4,7-12H2,1H3. The van der Waals surface area contributed by atoms with Crippen LogP contribution in [0.15, 0.2) is 24.3 Å². The Hall–Kier alpha value is -0.860. The third-order valence-corrected chi connectivity index (χ3v) is 4.47. The second-order valence-electron chi connectivity index (χ2n) is 5.97. The normalized spacial score (nSPS) is 25.9. The molecule has 1 aromatic rings. The van der Waals surface area contributed by atoms with Crippen LogP contribution in [0.3, 0.4) is 0 Å². The fraction of sp³-hybridized carbons (Fsp3) is 0.625. The van der Waals surface area contributed by atoms with Crippen LogP contribution in [0.25, 0.3) is 0 Å². The summed E-state index contributed by atoms with van der Waals surface area (Å²) in [5.41, 5.74) is 3.11. The molecule has 1 N–H and O–H groups in total. The molecule has 0 aromatic heterocycles. The molecule has 1 atom stereocenters. The van der Waals surface area contributed by atoms with Gasteiger partial charge in [-0.25, -0.2) is 0 Å². The van der Waals surface area contributed by atoms with Crippen LogP contribution in [0, 0.1) is 0 Å². The summed E-state index contributed by atoms with van der Waals surface area (Å²) in [6, 6.07) is 10.3. The van der Waals surface area contributed by atoms with Crippen LogP contribution in [0.2, 0.25) is 0 Å². The monoisotopic (exact) mass is 244 g/mol. The topological polar surface area (TPSA) is 15.3 Å². The Balaban J connectivity index is 1.56. The van der Waals surface area contributed by atoms with Gasteiger partial charge < -0.3 is 10.2 Å². The maximum absolute atomic E-state index is 3.90. The first kappa shape index (κ1) is 12.2. The van der Waals surface area contributed by atoms with E-state index in [2.05, 4.69) is 41.5 Å². The van der Waals surface area contributed by atoms with Gasteiger partial charge in [-0.1, -0.05) is 24.3 Å². The number of nitrogens with one attached hydrogen (secondary N) is 1. The zero-order chi connectivity index (χ0) is 12.4. The van der Waals surface area contributed by atoms with Gasteiger partial charge in [0.15, 0.2) is 0 Å². The highest BCUT2D eigenvalue weighted by molar-refractivity contribution is 5.33. The molecule has 1 saturated heterocycles. The second-order valence-corrected chi connectivity index (χ2v) is 5.97. The number of hydrogen-bond acceptors (Lipinski definition) is 2. The molecule has 3 rings (SSSR count). The van der Waals surface area contributed by atoms with Crippen molar-refractivity contribution in [1.82, 2.24) is 10.2 Å². The number of hydrogen-bond donors (Lipinski definition) is 1. The van der Waals surface area contributed by atoms with E-state index >= 15 is 0 Å². The van der Waals surface area contributed by atoms with Gasteiger partial charge in [0.25, 0.3) is 0 Å². The zero-order valence-corrected chi connectivity index (χ0v) is 11.4. The molecule has 2 nitrogen and oxygen atoms in total. The lowest BCUT2D eigenvalue weighted by Crippen LogP contribution is -2.39. The molecule has 0 radical (unpaired) electrons. The van der Waals surface area contributed by atoms with Crippen LogP contribution in [0.1, 0.15) is 30.4 Å². The summed E-state index contributed by atoms with van der Waals surface area (Å²) in [6.45, 7) is 2.51. The molecule has 1 unspecified atom stereocenters. The smallest absolute Gasteiger partial charge is 0.0151 e. The molecule has 0 spiro atoms. The van der Waals surface area contributed by atoms with Gasteiger partial charge in [-0.15, -0.1) is 0 Å². The molecule has 0 amide bonds. The van der Waals surface area contributed by atoms with Gasteiger partial charge in [-0.05, 0) is 63.4 Å². The van der Waals surface area contributed by atoms with E-state index in [4.69, 9.17) is 0 Å². The highest BCUT2D eigenvalue weighted by Crippen LogP contribution is 2.23. The maximum Gasteiger partial charge on any atom is 0.0151 e. The number of likely N-dealkylation sites (tertiary alicyclic amines) is 1. The molecule has 0 bridgehead atoms. The van der Waals surface area contributed by atoms with E-state index in [1.165, 1.54) is 45.2 Å². The number of nitrogens with zero attached hydrogens (tertiary/aromatic N) is 1. The summed E-state index contributed by atoms with van der Waals surface area (Å²) in [7, 11) is 2.24. The summed E-state index contributed by atoms with van der Waals surface area (Å²) < 4.78 is 0. The molecule has 18 heavy (non-hydrogen) atoms. The lowest BCUT2D eigenvalue weighted by atomic mass is 10.1. The Bertz CT molecular complexity index is 377. The minimum atomic E-state index is 0.677. The molecule has 0 saturated carbocycles. The van der Waals surface area contributed by atoms with Crippen LogP contribution in [-0.4, -0.2) is 37.1 Å². The summed E-state index contributed by atoms with van der Waals surface area (Å²) in [5.74, 6) is 0. The van der Waals surface area contributed by atoms with Crippen molar-refractivity contribution >= 4 is 0 Å². The molecular formula is C16H24N2. The average molecular weight is 244 g/mol. The maximum atomic E-state index is 3.90. The minimum absolute atomic E-state index is 0.677. The fourth-order valence-electron chi connectivity index (χ4n) is 3.42. The highest BCUT2D eigenvalue weighted by atomic mass is 15.1. The van der Waals surface area contributed by atoms with Crippen molar-refractivity contribution in [3.63, 3.8) is 0 Å². The second kappa shape index (κ2) is 5.41. The van der Waals surface area contributed by atoms with Gasteiger partial charge in [0.2, 0.25) is 0 Å². The van der Waals surface area contributed by atoms with E-state index < -0.39 is 0 Å². The predicted molar refractivity (Wildman–Crippen MR) is 75.9 cm³/mol. The largest absolute Gasteiger partial charge is 0.311 e. The summed E-state index contributed by atoms with van der Waals surface area (Å²) in [6.07, 6.45) is 6.44. The van der Waals surface area contributed by atoms with Crippen LogP contribution in [-0.2, 0) is 12.8 Å². The molecule has 1 aliphatic carbocycles. The number of rotatable bonds is 2. The van der Waals surface area contributed by atoms with Gasteiger partial charge in [-0.3, -0.25) is 0 Å². The van der Waals surface area contributed by atoms with Gasteiger partial charge >= 0.3 is 0 Å².